The van der Waals surface area contributed by atoms with Crippen molar-refractivity contribution >= 4 is 48.3 Å². The highest BCUT2D eigenvalue weighted by molar-refractivity contribution is 7.88. The van der Waals surface area contributed by atoms with Gasteiger partial charge < -0.3 is 9.64 Å². The lowest BCUT2D eigenvalue weighted by atomic mass is 10.1. The van der Waals surface area contributed by atoms with E-state index in [4.69, 9.17) is 14.7 Å². The Morgan fingerprint density at radius 1 is 1.09 bits per heavy atom. The van der Waals surface area contributed by atoms with Gasteiger partial charge in [0.05, 0.1) is 41.4 Å². The van der Waals surface area contributed by atoms with E-state index in [2.05, 4.69) is 25.4 Å². The molecule has 184 valence electrons. The van der Waals surface area contributed by atoms with Gasteiger partial charge >= 0.3 is 0 Å². The minimum absolute atomic E-state index is 0.517. The lowest BCUT2D eigenvalue weighted by Gasteiger charge is -2.33. The zero-order valence-corrected chi connectivity index (χ0v) is 21.1. The van der Waals surface area contributed by atoms with Crippen LogP contribution in [-0.2, 0) is 21.3 Å². The van der Waals surface area contributed by atoms with E-state index < -0.39 is 10.0 Å². The van der Waals surface area contributed by atoms with Crippen LogP contribution in [0.2, 0.25) is 0 Å². The summed E-state index contributed by atoms with van der Waals surface area (Å²) < 4.78 is 32.0. The highest BCUT2D eigenvalue weighted by Gasteiger charge is 2.26. The number of morpholine rings is 1. The second kappa shape index (κ2) is 9.10. The Balaban J connectivity index is 1.39. The van der Waals surface area contributed by atoms with Crippen molar-refractivity contribution in [1.82, 2.24) is 29.4 Å². The van der Waals surface area contributed by atoms with Crippen molar-refractivity contribution in [2.75, 3.05) is 63.6 Å². The van der Waals surface area contributed by atoms with Crippen molar-refractivity contribution in [3.63, 3.8) is 0 Å². The van der Waals surface area contributed by atoms with Gasteiger partial charge in [0.25, 0.3) is 0 Å². The van der Waals surface area contributed by atoms with E-state index in [-0.39, 0.29) is 0 Å². The van der Waals surface area contributed by atoms with Crippen molar-refractivity contribution in [3.8, 4) is 11.4 Å². The van der Waals surface area contributed by atoms with E-state index in [1.54, 1.807) is 15.6 Å². The van der Waals surface area contributed by atoms with Gasteiger partial charge in [-0.15, -0.1) is 11.3 Å². The zero-order chi connectivity index (χ0) is 24.0. The summed E-state index contributed by atoms with van der Waals surface area (Å²) in [7, 11) is -3.15. The maximum atomic E-state index is 11.9. The quantitative estimate of drug-likeness (QED) is 0.433. The molecule has 0 bridgehead atoms. The Labute approximate surface area is 207 Å². The van der Waals surface area contributed by atoms with Crippen LogP contribution in [-0.4, -0.2) is 96.5 Å². The van der Waals surface area contributed by atoms with Crippen molar-refractivity contribution in [3.05, 3.63) is 35.3 Å². The SMILES string of the molecule is CS(=O)(=O)N1CCN(Cc2csc3c(N4CCOCC4)nc(-c4cccc5[nH]ncc45)nc23)CC1. The van der Waals surface area contributed by atoms with E-state index in [9.17, 15) is 8.42 Å². The van der Waals surface area contributed by atoms with E-state index in [1.807, 2.05) is 24.4 Å². The molecule has 0 atom stereocenters. The number of rotatable bonds is 5. The molecule has 10 nitrogen and oxygen atoms in total. The van der Waals surface area contributed by atoms with E-state index >= 15 is 0 Å². The summed E-state index contributed by atoms with van der Waals surface area (Å²) >= 11 is 1.68. The average molecular weight is 514 g/mol. The van der Waals surface area contributed by atoms with Gasteiger partial charge in [-0.3, -0.25) is 10.00 Å². The van der Waals surface area contributed by atoms with Crippen LogP contribution in [0.3, 0.4) is 0 Å². The molecule has 1 aromatic carbocycles. The summed E-state index contributed by atoms with van der Waals surface area (Å²) in [5.41, 5.74) is 4.02. The van der Waals surface area contributed by atoms with E-state index in [0.717, 1.165) is 57.7 Å². The number of ether oxygens (including phenoxy) is 1. The Hall–Kier alpha value is -2.64. The molecule has 0 saturated carbocycles. The highest BCUT2D eigenvalue weighted by Crippen LogP contribution is 2.36. The Kier molecular flexibility index (Phi) is 5.93. The summed E-state index contributed by atoms with van der Waals surface area (Å²) in [6, 6.07) is 6.03. The first-order valence-electron chi connectivity index (χ1n) is 11.7. The number of piperazine rings is 1. The van der Waals surface area contributed by atoms with Crippen molar-refractivity contribution < 1.29 is 13.2 Å². The monoisotopic (exact) mass is 513 g/mol. The zero-order valence-electron chi connectivity index (χ0n) is 19.5. The molecular weight excluding hydrogens is 486 g/mol. The highest BCUT2D eigenvalue weighted by atomic mass is 32.2. The summed E-state index contributed by atoms with van der Waals surface area (Å²) in [4.78, 5) is 14.7. The van der Waals surface area contributed by atoms with Crippen LogP contribution in [0.5, 0.6) is 0 Å². The maximum absolute atomic E-state index is 11.9. The van der Waals surface area contributed by atoms with Crippen LogP contribution < -0.4 is 4.90 Å². The third-order valence-corrected chi connectivity index (χ3v) is 9.02. The number of thiophene rings is 1. The Morgan fingerprint density at radius 2 is 1.89 bits per heavy atom. The Morgan fingerprint density at radius 3 is 2.66 bits per heavy atom. The molecule has 0 amide bonds. The smallest absolute Gasteiger partial charge is 0.211 e. The molecular formula is C23H27N7O3S2. The van der Waals surface area contributed by atoms with E-state index in [0.29, 0.717) is 45.2 Å². The second-order valence-corrected chi connectivity index (χ2v) is 11.8. The largest absolute Gasteiger partial charge is 0.378 e. The standard InChI is InChI=1S/C23H27N7O3S2/c1-35(31,32)30-7-5-28(6-8-30)14-16-15-34-21-20(16)25-22(26-23(21)29-9-11-33-12-10-29)17-3-2-4-19-18(17)13-24-27-19/h2-4,13,15H,5-12,14H2,1H3,(H,24,27). The van der Waals surface area contributed by atoms with Crippen molar-refractivity contribution in [2.45, 2.75) is 6.54 Å². The third-order valence-electron chi connectivity index (χ3n) is 6.70. The van der Waals surface area contributed by atoms with Gasteiger partial charge in [-0.25, -0.2) is 18.4 Å². The molecule has 2 aliphatic rings. The number of nitrogens with zero attached hydrogens (tertiary/aromatic N) is 6. The van der Waals surface area contributed by atoms with Crippen LogP contribution in [0.1, 0.15) is 5.56 Å². The number of aromatic amines is 1. The summed E-state index contributed by atoms with van der Waals surface area (Å²) in [5.74, 6) is 1.64. The molecule has 2 saturated heterocycles. The first-order valence-corrected chi connectivity index (χ1v) is 14.4. The van der Waals surface area contributed by atoms with Gasteiger partial charge in [-0.05, 0) is 11.4 Å². The molecule has 6 rings (SSSR count). The maximum Gasteiger partial charge on any atom is 0.211 e. The topological polar surface area (TPSA) is 108 Å². The predicted octanol–water partition coefficient (Wildman–Crippen LogP) is 2.15. The van der Waals surface area contributed by atoms with Gasteiger partial charge in [0, 0.05) is 62.3 Å². The first-order chi connectivity index (χ1) is 17.0. The molecule has 0 spiro atoms. The Bertz CT molecular complexity index is 1470. The summed E-state index contributed by atoms with van der Waals surface area (Å²) in [6.45, 7) is 6.12. The second-order valence-electron chi connectivity index (χ2n) is 8.98. The van der Waals surface area contributed by atoms with Gasteiger partial charge in [0.1, 0.15) is 0 Å². The lowest BCUT2D eigenvalue weighted by molar-refractivity contribution is 0.122. The van der Waals surface area contributed by atoms with Crippen LogP contribution in [0.4, 0.5) is 5.82 Å². The first kappa shape index (κ1) is 22.8. The number of fused-ring (bicyclic) bond motifs is 2. The number of H-pyrrole nitrogens is 1. The molecule has 0 aliphatic carbocycles. The number of hydrogen-bond acceptors (Lipinski definition) is 9. The number of sulfonamides is 1. The normalized spacial score (nSPS) is 18.6. The fourth-order valence-electron chi connectivity index (χ4n) is 4.80. The number of benzene rings is 1. The van der Waals surface area contributed by atoms with Crippen LogP contribution in [0.25, 0.3) is 32.5 Å². The summed E-state index contributed by atoms with van der Waals surface area (Å²) in [6.07, 6.45) is 3.10. The molecule has 1 N–H and O–H groups in total. The molecule has 2 fully saturated rings. The third kappa shape index (κ3) is 4.40. The summed E-state index contributed by atoms with van der Waals surface area (Å²) in [5, 5.41) is 10.4. The minimum atomic E-state index is -3.15. The average Bonchev–Trinajstić information content (AvgIpc) is 3.51. The molecule has 35 heavy (non-hydrogen) atoms. The van der Waals surface area contributed by atoms with Crippen LogP contribution in [0, 0.1) is 0 Å². The molecule has 0 radical (unpaired) electrons. The van der Waals surface area contributed by atoms with Gasteiger partial charge in [0.2, 0.25) is 10.0 Å². The van der Waals surface area contributed by atoms with Gasteiger partial charge in [0.15, 0.2) is 11.6 Å². The fraction of sp³-hybridized carbons (Fsp3) is 0.435. The predicted molar refractivity (Wildman–Crippen MR) is 137 cm³/mol. The number of hydrogen-bond donors (Lipinski definition) is 1. The van der Waals surface area contributed by atoms with Crippen LogP contribution >= 0.6 is 11.3 Å². The fourth-order valence-corrected chi connectivity index (χ4v) is 6.64. The van der Waals surface area contributed by atoms with E-state index in [1.165, 1.54) is 6.26 Å². The molecule has 2 aliphatic heterocycles. The van der Waals surface area contributed by atoms with Gasteiger partial charge in [-0.2, -0.15) is 9.40 Å². The molecule has 4 aromatic rings. The van der Waals surface area contributed by atoms with Crippen molar-refractivity contribution in [1.29, 1.82) is 0 Å². The number of anilines is 1. The van der Waals surface area contributed by atoms with Crippen molar-refractivity contribution in [2.24, 2.45) is 0 Å². The molecule has 0 unspecified atom stereocenters. The lowest BCUT2D eigenvalue weighted by Crippen LogP contribution is -2.47. The molecule has 3 aromatic heterocycles. The van der Waals surface area contributed by atoms with Crippen LogP contribution in [0.15, 0.2) is 29.8 Å². The number of nitrogens with one attached hydrogen (secondary N) is 1. The minimum Gasteiger partial charge on any atom is -0.378 e. The van der Waals surface area contributed by atoms with Gasteiger partial charge in [-0.1, -0.05) is 12.1 Å². The molecule has 12 heteroatoms. The number of aromatic nitrogens is 4. The molecule has 5 heterocycles.